The summed E-state index contributed by atoms with van der Waals surface area (Å²) < 4.78 is 0. The van der Waals surface area contributed by atoms with Crippen LogP contribution in [-0.4, -0.2) is 28.4 Å². The van der Waals surface area contributed by atoms with Crippen LogP contribution in [0.4, 0.5) is 17.1 Å². The lowest BCUT2D eigenvalue weighted by Crippen LogP contribution is -2.46. The van der Waals surface area contributed by atoms with Gasteiger partial charge in [-0.05, 0) is 55.4 Å². The van der Waals surface area contributed by atoms with E-state index in [1.165, 1.54) is 6.92 Å². The number of nitrogens with one attached hydrogen (secondary N) is 3. The number of hydrogen-bond donors (Lipinski definition) is 5. The largest absolute Gasteiger partial charge is 0.365 e. The number of anilines is 3. The highest BCUT2D eigenvalue weighted by Gasteiger charge is 2.34. The van der Waals surface area contributed by atoms with Gasteiger partial charge in [-0.25, -0.2) is 0 Å². The summed E-state index contributed by atoms with van der Waals surface area (Å²) in [5.74, 6) is -0.453. The molecule has 1 aliphatic carbocycles. The second-order valence-corrected chi connectivity index (χ2v) is 6.51. The minimum absolute atomic E-state index is 0.187. The number of amides is 2. The van der Waals surface area contributed by atoms with Crippen molar-refractivity contribution in [1.29, 1.82) is 0 Å². The lowest BCUT2D eigenvalue weighted by Gasteiger charge is -2.33. The summed E-state index contributed by atoms with van der Waals surface area (Å²) in [5.41, 5.74) is 3.64. The molecule has 26 heavy (non-hydrogen) atoms. The fraction of sp³-hybridized carbons (Fsp3) is 0.444. The van der Waals surface area contributed by atoms with E-state index < -0.39 is 12.1 Å². The summed E-state index contributed by atoms with van der Waals surface area (Å²) in [5, 5.41) is 29.3. The van der Waals surface area contributed by atoms with E-state index in [0.717, 1.165) is 48.9 Å². The molecule has 3 rings (SSSR count). The summed E-state index contributed by atoms with van der Waals surface area (Å²) >= 11 is 0. The molecule has 5 N–H and O–H groups in total. The van der Waals surface area contributed by atoms with Crippen molar-refractivity contribution >= 4 is 28.9 Å². The summed E-state index contributed by atoms with van der Waals surface area (Å²) in [6, 6.07) is 1.67. The number of rotatable bonds is 4. The summed E-state index contributed by atoms with van der Waals surface area (Å²) in [6.07, 6.45) is 4.76. The predicted octanol–water partition coefficient (Wildman–Crippen LogP) is 1.83. The number of hydroxylamine groups is 1. The van der Waals surface area contributed by atoms with Crippen LogP contribution in [0.5, 0.6) is 0 Å². The first kappa shape index (κ1) is 18.2. The average molecular weight is 360 g/mol. The van der Waals surface area contributed by atoms with Gasteiger partial charge in [-0.1, -0.05) is 6.92 Å². The Bertz CT molecular complexity index is 775. The van der Waals surface area contributed by atoms with E-state index in [1.807, 2.05) is 13.0 Å². The maximum atomic E-state index is 11.9. The second kappa shape index (κ2) is 7.35. The van der Waals surface area contributed by atoms with E-state index in [-0.39, 0.29) is 5.91 Å². The van der Waals surface area contributed by atoms with Gasteiger partial charge in [-0.3, -0.25) is 14.8 Å². The molecule has 8 heteroatoms. The van der Waals surface area contributed by atoms with Crippen molar-refractivity contribution in [2.45, 2.75) is 52.2 Å². The third-order valence-electron chi connectivity index (χ3n) is 4.57. The quantitative estimate of drug-likeness (QED) is 0.524. The van der Waals surface area contributed by atoms with Crippen LogP contribution in [0.1, 0.15) is 44.2 Å². The van der Waals surface area contributed by atoms with Gasteiger partial charge in [-0.15, -0.1) is 0 Å². The topological polar surface area (TPSA) is 114 Å². The number of carbonyl (C=O) groups is 2. The normalized spacial score (nSPS) is 19.4. The molecule has 1 aromatic carbocycles. The van der Waals surface area contributed by atoms with Crippen LogP contribution in [0.2, 0.25) is 0 Å². The van der Waals surface area contributed by atoms with Crippen molar-refractivity contribution in [2.24, 2.45) is 0 Å². The Morgan fingerprint density at radius 2 is 2.08 bits per heavy atom. The second-order valence-electron chi connectivity index (χ2n) is 6.51. The standard InChI is InChI=1S/C18H24N4O4/c1-3-6-15(19-10(2)23)20-13-9-14-16(12-8-5-4-7-11(12)13)21-17(24)18(25)22(14)26/h6,9,17,20-21,24,26H,3-5,7-8H2,1-2H3,(H,19,23)/b15-6-. The Hall–Kier alpha value is -2.58. The molecule has 1 aliphatic heterocycles. The van der Waals surface area contributed by atoms with Gasteiger partial charge in [0.05, 0.1) is 11.4 Å². The van der Waals surface area contributed by atoms with Crippen molar-refractivity contribution in [3.8, 4) is 0 Å². The maximum Gasteiger partial charge on any atom is 0.300 e. The monoisotopic (exact) mass is 360 g/mol. The SMILES string of the molecule is CC/C=C(/NC(C)=O)Nc1cc2c(c3c1CCCC3)NC(O)C(=O)N2O. The van der Waals surface area contributed by atoms with Gasteiger partial charge < -0.3 is 21.1 Å². The van der Waals surface area contributed by atoms with Gasteiger partial charge in [0.15, 0.2) is 0 Å². The molecule has 0 fully saturated rings. The zero-order chi connectivity index (χ0) is 18.8. The Labute approximate surface area is 151 Å². The first-order chi connectivity index (χ1) is 12.4. The number of aliphatic hydroxyl groups excluding tert-OH is 1. The van der Waals surface area contributed by atoms with Crippen LogP contribution in [0, 0.1) is 0 Å². The van der Waals surface area contributed by atoms with Gasteiger partial charge >= 0.3 is 0 Å². The van der Waals surface area contributed by atoms with Crippen LogP contribution >= 0.6 is 0 Å². The molecule has 140 valence electrons. The molecule has 1 atom stereocenters. The molecule has 2 amide bonds. The van der Waals surface area contributed by atoms with E-state index in [4.69, 9.17) is 0 Å². The minimum atomic E-state index is -1.47. The molecule has 2 aliphatic rings. The molecule has 1 aromatic rings. The van der Waals surface area contributed by atoms with E-state index >= 15 is 0 Å². The molecule has 0 radical (unpaired) electrons. The number of allylic oxidation sites excluding steroid dienone is 1. The zero-order valence-corrected chi connectivity index (χ0v) is 14.9. The first-order valence-corrected chi connectivity index (χ1v) is 8.83. The fourth-order valence-electron chi connectivity index (χ4n) is 3.47. The maximum absolute atomic E-state index is 11.9. The summed E-state index contributed by atoms with van der Waals surface area (Å²) in [6.45, 7) is 3.40. The number of aliphatic hydroxyl groups is 1. The smallest absolute Gasteiger partial charge is 0.300 e. The van der Waals surface area contributed by atoms with Gasteiger partial charge in [0.25, 0.3) is 5.91 Å². The Morgan fingerprint density at radius 3 is 2.73 bits per heavy atom. The molecule has 0 bridgehead atoms. The Morgan fingerprint density at radius 1 is 1.38 bits per heavy atom. The minimum Gasteiger partial charge on any atom is -0.365 e. The number of hydrogen-bond acceptors (Lipinski definition) is 6. The highest BCUT2D eigenvalue weighted by Crippen LogP contribution is 2.42. The van der Waals surface area contributed by atoms with Crippen LogP contribution in [0.3, 0.4) is 0 Å². The van der Waals surface area contributed by atoms with Gasteiger partial charge in [-0.2, -0.15) is 5.06 Å². The first-order valence-electron chi connectivity index (χ1n) is 8.83. The van der Waals surface area contributed by atoms with Crippen molar-refractivity contribution in [2.75, 3.05) is 15.7 Å². The average Bonchev–Trinajstić information content (AvgIpc) is 2.60. The highest BCUT2D eigenvalue weighted by molar-refractivity contribution is 6.04. The summed E-state index contributed by atoms with van der Waals surface area (Å²) in [4.78, 5) is 23.4. The molecule has 0 aromatic heterocycles. The van der Waals surface area contributed by atoms with Crippen molar-refractivity contribution in [3.05, 3.63) is 29.1 Å². The van der Waals surface area contributed by atoms with E-state index in [9.17, 15) is 19.9 Å². The van der Waals surface area contributed by atoms with Crippen molar-refractivity contribution < 1.29 is 19.9 Å². The number of carbonyl (C=O) groups excluding carboxylic acids is 2. The Kier molecular flexibility index (Phi) is 5.15. The molecule has 0 spiro atoms. The van der Waals surface area contributed by atoms with Gasteiger partial charge in [0.2, 0.25) is 12.1 Å². The summed E-state index contributed by atoms with van der Waals surface area (Å²) in [7, 11) is 0. The molecule has 1 heterocycles. The van der Waals surface area contributed by atoms with E-state index in [2.05, 4.69) is 16.0 Å². The lowest BCUT2D eigenvalue weighted by atomic mass is 9.87. The van der Waals surface area contributed by atoms with E-state index in [0.29, 0.717) is 22.3 Å². The molecule has 1 unspecified atom stereocenters. The predicted molar refractivity (Wildman–Crippen MR) is 97.8 cm³/mol. The zero-order valence-electron chi connectivity index (χ0n) is 14.9. The third kappa shape index (κ3) is 3.38. The third-order valence-corrected chi connectivity index (χ3v) is 4.57. The van der Waals surface area contributed by atoms with E-state index in [1.54, 1.807) is 6.07 Å². The van der Waals surface area contributed by atoms with Gasteiger partial charge in [0.1, 0.15) is 5.82 Å². The van der Waals surface area contributed by atoms with Gasteiger partial charge in [0, 0.05) is 12.6 Å². The molecule has 8 nitrogen and oxygen atoms in total. The van der Waals surface area contributed by atoms with Crippen molar-refractivity contribution in [1.82, 2.24) is 5.32 Å². The van der Waals surface area contributed by atoms with Crippen LogP contribution in [0.15, 0.2) is 18.0 Å². The molecule has 0 saturated carbocycles. The molecular formula is C18H24N4O4. The molecular weight excluding hydrogens is 336 g/mol. The highest BCUT2D eigenvalue weighted by atomic mass is 16.5. The fourth-order valence-corrected chi connectivity index (χ4v) is 3.47. The lowest BCUT2D eigenvalue weighted by molar-refractivity contribution is -0.131. The Balaban J connectivity index is 2.07. The van der Waals surface area contributed by atoms with Crippen LogP contribution in [0.25, 0.3) is 0 Å². The number of fused-ring (bicyclic) bond motifs is 3. The number of benzene rings is 1. The molecule has 0 saturated heterocycles. The van der Waals surface area contributed by atoms with Crippen LogP contribution < -0.4 is 21.0 Å². The van der Waals surface area contributed by atoms with Crippen LogP contribution in [-0.2, 0) is 22.4 Å². The number of nitrogens with zero attached hydrogens (tertiary/aromatic N) is 1. The van der Waals surface area contributed by atoms with Crippen molar-refractivity contribution in [3.63, 3.8) is 0 Å².